The van der Waals surface area contributed by atoms with Gasteiger partial charge in [0.25, 0.3) is 0 Å². The average molecular weight is 409 g/mol. The lowest BCUT2D eigenvalue weighted by Gasteiger charge is -2.58. The van der Waals surface area contributed by atoms with Crippen molar-refractivity contribution < 1.29 is 14.3 Å². The van der Waals surface area contributed by atoms with Crippen LogP contribution in [0.25, 0.3) is 11.1 Å². The van der Waals surface area contributed by atoms with Gasteiger partial charge in [-0.1, -0.05) is 54.6 Å². The topological polar surface area (TPSA) is 43.4 Å². The molecule has 4 fully saturated rings. The summed E-state index contributed by atoms with van der Waals surface area (Å²) in [5.41, 5.74) is 2.26. The predicted octanol–water partition coefficient (Wildman–Crippen LogP) is 5.66. The lowest BCUT2D eigenvalue weighted by molar-refractivity contribution is -0.168. The number of carbonyl (C=O) groups excluding carboxylic acids is 2. The summed E-state index contributed by atoms with van der Waals surface area (Å²) in [5.74, 6) is 0.680. The number of benzene rings is 2. The minimum Gasteiger partial charge on any atom is -0.457 e. The molecule has 150 valence electrons. The molecular weight excluding hydrogens is 384 g/mol. The lowest BCUT2D eigenvalue weighted by Crippen LogP contribution is -2.56. The Morgan fingerprint density at radius 1 is 0.897 bits per heavy atom. The smallest absolute Gasteiger partial charge is 0.312 e. The maximum Gasteiger partial charge on any atom is 0.312 e. The number of carbonyl (C=O) groups is 2. The van der Waals surface area contributed by atoms with Crippen molar-refractivity contribution in [2.45, 2.75) is 43.4 Å². The van der Waals surface area contributed by atoms with Gasteiger partial charge in [-0.3, -0.25) is 9.59 Å². The zero-order chi connectivity index (χ0) is 20.1. The van der Waals surface area contributed by atoms with Crippen LogP contribution in [-0.2, 0) is 9.53 Å². The number of rotatable bonds is 5. The van der Waals surface area contributed by atoms with Gasteiger partial charge in [-0.05, 0) is 61.5 Å². The van der Waals surface area contributed by atoms with Gasteiger partial charge in [0.05, 0.1) is 5.41 Å². The SMILES string of the molecule is O=C(COC(=O)C12C[C@@H]3C[C@@H](CC(Cl)(C3)C1)C2)c1ccc(-c2ccccc2)cc1. The van der Waals surface area contributed by atoms with Gasteiger partial charge in [0.1, 0.15) is 0 Å². The Morgan fingerprint density at radius 3 is 2.14 bits per heavy atom. The monoisotopic (exact) mass is 408 g/mol. The van der Waals surface area contributed by atoms with Gasteiger partial charge in [0, 0.05) is 10.4 Å². The number of hydrogen-bond donors (Lipinski definition) is 0. The lowest BCUT2D eigenvalue weighted by atomic mass is 9.49. The minimum atomic E-state index is -0.469. The molecule has 0 radical (unpaired) electrons. The molecule has 6 rings (SSSR count). The molecule has 3 nitrogen and oxygen atoms in total. The summed E-state index contributed by atoms with van der Waals surface area (Å²) in [6.45, 7) is -0.199. The third-order valence-electron chi connectivity index (χ3n) is 7.07. The molecule has 4 aliphatic carbocycles. The van der Waals surface area contributed by atoms with Crippen LogP contribution < -0.4 is 0 Å². The molecule has 2 unspecified atom stereocenters. The highest BCUT2D eigenvalue weighted by Gasteiger charge is 2.60. The van der Waals surface area contributed by atoms with Crippen LogP contribution in [0.5, 0.6) is 0 Å². The van der Waals surface area contributed by atoms with Gasteiger partial charge in [-0.15, -0.1) is 11.6 Å². The molecule has 0 heterocycles. The zero-order valence-electron chi connectivity index (χ0n) is 16.4. The van der Waals surface area contributed by atoms with Crippen molar-refractivity contribution in [3.63, 3.8) is 0 Å². The number of halogens is 1. The maximum atomic E-state index is 13.0. The first kappa shape index (κ1) is 18.9. The molecule has 4 aliphatic rings. The normalized spacial score (nSPS) is 32.2. The van der Waals surface area contributed by atoms with Gasteiger partial charge in [-0.25, -0.2) is 0 Å². The van der Waals surface area contributed by atoms with Crippen molar-refractivity contribution in [1.29, 1.82) is 0 Å². The summed E-state index contributed by atoms with van der Waals surface area (Å²) < 4.78 is 5.56. The first-order valence-electron chi connectivity index (χ1n) is 10.5. The van der Waals surface area contributed by atoms with Gasteiger partial charge in [-0.2, -0.15) is 0 Å². The quantitative estimate of drug-likeness (QED) is 0.364. The molecule has 4 atom stereocenters. The number of ether oxygens (including phenoxy) is 1. The van der Waals surface area contributed by atoms with Gasteiger partial charge in [0.2, 0.25) is 0 Å². The van der Waals surface area contributed by atoms with Gasteiger partial charge in [0.15, 0.2) is 12.4 Å². The number of hydrogen-bond acceptors (Lipinski definition) is 3. The highest BCUT2D eigenvalue weighted by Crippen LogP contribution is 2.64. The van der Waals surface area contributed by atoms with Crippen molar-refractivity contribution >= 4 is 23.4 Å². The second-order valence-electron chi connectivity index (χ2n) is 9.33. The summed E-state index contributed by atoms with van der Waals surface area (Å²) >= 11 is 6.81. The third kappa shape index (κ3) is 3.50. The number of Topliss-reactive ketones (excluding diaryl/α,β-unsaturated/α-hetero) is 1. The average Bonchev–Trinajstić information content (AvgIpc) is 2.70. The van der Waals surface area contributed by atoms with E-state index < -0.39 is 5.41 Å². The summed E-state index contributed by atoms with van der Waals surface area (Å²) in [5, 5.41) is 0. The van der Waals surface area contributed by atoms with E-state index in [1.165, 1.54) is 6.42 Å². The largest absolute Gasteiger partial charge is 0.457 e. The Hall–Kier alpha value is -2.13. The van der Waals surface area contributed by atoms with Crippen molar-refractivity contribution in [3.05, 3.63) is 60.2 Å². The summed E-state index contributed by atoms with van der Waals surface area (Å²) in [6.07, 6.45) is 5.68. The van der Waals surface area contributed by atoms with Gasteiger partial charge < -0.3 is 4.74 Å². The number of alkyl halides is 1. The van der Waals surface area contributed by atoms with E-state index in [9.17, 15) is 9.59 Å². The minimum absolute atomic E-state index is 0.164. The van der Waals surface area contributed by atoms with Crippen LogP contribution in [0.4, 0.5) is 0 Å². The van der Waals surface area contributed by atoms with E-state index in [1.54, 1.807) is 12.1 Å². The Kier molecular flexibility index (Phi) is 4.54. The highest BCUT2D eigenvalue weighted by molar-refractivity contribution is 6.24. The third-order valence-corrected chi connectivity index (χ3v) is 7.51. The summed E-state index contributed by atoms with van der Waals surface area (Å²) in [6, 6.07) is 17.5. The highest BCUT2D eigenvalue weighted by atomic mass is 35.5. The zero-order valence-corrected chi connectivity index (χ0v) is 17.2. The molecule has 29 heavy (non-hydrogen) atoms. The molecule has 0 saturated heterocycles. The number of esters is 1. The van der Waals surface area contributed by atoms with Crippen molar-refractivity contribution in [2.24, 2.45) is 17.3 Å². The van der Waals surface area contributed by atoms with Crippen LogP contribution in [0.3, 0.4) is 0 Å². The van der Waals surface area contributed by atoms with Crippen molar-refractivity contribution in [3.8, 4) is 11.1 Å². The van der Waals surface area contributed by atoms with Crippen LogP contribution in [0.15, 0.2) is 54.6 Å². The maximum absolute atomic E-state index is 13.0. The second-order valence-corrected chi connectivity index (χ2v) is 10.1. The molecule has 0 spiro atoms. The molecule has 4 saturated carbocycles. The molecule has 0 amide bonds. The van der Waals surface area contributed by atoms with Crippen LogP contribution in [0.1, 0.15) is 48.9 Å². The van der Waals surface area contributed by atoms with E-state index in [1.807, 2.05) is 42.5 Å². The van der Waals surface area contributed by atoms with Crippen molar-refractivity contribution in [1.82, 2.24) is 0 Å². The Morgan fingerprint density at radius 2 is 1.52 bits per heavy atom. The fourth-order valence-electron chi connectivity index (χ4n) is 6.24. The Bertz CT molecular complexity index is 920. The van der Waals surface area contributed by atoms with E-state index in [0.29, 0.717) is 23.8 Å². The summed E-state index contributed by atoms with van der Waals surface area (Å²) in [7, 11) is 0. The molecule has 4 heteroatoms. The Labute approximate surface area is 176 Å². The molecule has 4 bridgehead atoms. The molecule has 0 aromatic heterocycles. The van der Waals surface area contributed by atoms with Gasteiger partial charge >= 0.3 is 5.97 Å². The summed E-state index contributed by atoms with van der Waals surface area (Å²) in [4.78, 5) is 25.3. The second kappa shape index (κ2) is 6.98. The molecule has 0 aliphatic heterocycles. The fraction of sp³-hybridized carbons (Fsp3) is 0.440. The van der Waals surface area contributed by atoms with E-state index in [-0.39, 0.29) is 23.2 Å². The van der Waals surface area contributed by atoms with E-state index >= 15 is 0 Å². The van der Waals surface area contributed by atoms with E-state index in [0.717, 1.165) is 36.8 Å². The van der Waals surface area contributed by atoms with E-state index in [2.05, 4.69) is 0 Å². The first-order valence-corrected chi connectivity index (χ1v) is 10.9. The van der Waals surface area contributed by atoms with E-state index in [4.69, 9.17) is 16.3 Å². The Balaban J connectivity index is 1.24. The van der Waals surface area contributed by atoms with Crippen LogP contribution in [-0.4, -0.2) is 23.2 Å². The fourth-order valence-corrected chi connectivity index (χ4v) is 6.93. The predicted molar refractivity (Wildman–Crippen MR) is 113 cm³/mol. The standard InChI is InChI=1S/C25H25ClO3/c26-25-13-17-10-18(14-25)12-24(11-17,16-25)23(28)29-15-22(27)21-8-6-20(7-9-21)19-4-2-1-3-5-19/h1-9,17-18H,10-16H2/t17-,18+,24?,25?. The van der Waals surface area contributed by atoms with Crippen molar-refractivity contribution in [2.75, 3.05) is 6.61 Å². The first-order chi connectivity index (χ1) is 13.9. The molecule has 2 aromatic carbocycles. The van der Waals surface area contributed by atoms with Crippen LogP contribution >= 0.6 is 11.6 Å². The molecule has 2 aromatic rings. The molecule has 0 N–H and O–H groups in total. The number of ketones is 1. The van der Waals surface area contributed by atoms with Crippen LogP contribution in [0, 0.1) is 17.3 Å². The molecular formula is C25H25ClO3. The van der Waals surface area contributed by atoms with Crippen LogP contribution in [0.2, 0.25) is 0 Å².